The molecule has 4 rings (SSSR count). The zero-order valence-corrected chi connectivity index (χ0v) is 17.0. The largest absolute Gasteiger partial charge is 0.366 e. The first kappa shape index (κ1) is 19.5. The molecule has 0 aliphatic carbocycles. The zero-order chi connectivity index (χ0) is 20.9. The zero-order valence-electron chi connectivity index (χ0n) is 17.0. The summed E-state index contributed by atoms with van der Waals surface area (Å²) in [5.41, 5.74) is 4.36. The van der Waals surface area contributed by atoms with E-state index in [2.05, 4.69) is 15.4 Å². The van der Waals surface area contributed by atoms with Crippen molar-refractivity contribution in [3.05, 3.63) is 95.0 Å². The van der Waals surface area contributed by atoms with Crippen molar-refractivity contribution in [1.82, 2.24) is 19.7 Å². The highest BCUT2D eigenvalue weighted by Crippen LogP contribution is 2.30. The number of nitrogens with zero attached hydrogens (tertiary/aromatic N) is 4. The summed E-state index contributed by atoms with van der Waals surface area (Å²) < 4.78 is 1.50. The van der Waals surface area contributed by atoms with Crippen molar-refractivity contribution in [2.75, 3.05) is 5.32 Å². The Balaban J connectivity index is 1.75. The van der Waals surface area contributed by atoms with Crippen molar-refractivity contribution >= 4 is 5.82 Å². The van der Waals surface area contributed by atoms with Crippen LogP contribution in [0.15, 0.2) is 83.9 Å². The first-order valence-electron chi connectivity index (χ1n) is 9.91. The molecule has 0 radical (unpaired) electrons. The number of rotatable bonds is 6. The molecule has 1 N–H and O–H groups in total. The summed E-state index contributed by atoms with van der Waals surface area (Å²) in [5.74, 6) is 0.763. The first-order chi connectivity index (χ1) is 14.6. The van der Waals surface area contributed by atoms with E-state index in [0.717, 1.165) is 28.2 Å². The van der Waals surface area contributed by atoms with Gasteiger partial charge in [-0.3, -0.25) is 9.78 Å². The molecule has 0 amide bonds. The maximum Gasteiger partial charge on any atom is 0.267 e. The normalized spacial score (nSPS) is 10.9. The van der Waals surface area contributed by atoms with Crippen molar-refractivity contribution in [3.8, 4) is 22.5 Å². The fraction of sp³-hybridized carbons (Fsp3) is 0.167. The minimum atomic E-state index is -0.113. The van der Waals surface area contributed by atoms with Crippen LogP contribution < -0.4 is 10.9 Å². The van der Waals surface area contributed by atoms with Gasteiger partial charge in [0.05, 0.1) is 17.4 Å². The lowest BCUT2D eigenvalue weighted by molar-refractivity contribution is 0.505. The molecular formula is C24H23N5O. The molecule has 30 heavy (non-hydrogen) atoms. The average Bonchev–Trinajstić information content (AvgIpc) is 2.79. The van der Waals surface area contributed by atoms with E-state index in [1.807, 2.05) is 74.6 Å². The molecule has 0 fully saturated rings. The molecule has 0 atom stereocenters. The van der Waals surface area contributed by atoms with Crippen LogP contribution in [0.2, 0.25) is 0 Å². The number of pyridine rings is 2. The molecule has 0 spiro atoms. The Bertz CT molecular complexity index is 1190. The number of benzene rings is 1. The lowest BCUT2D eigenvalue weighted by atomic mass is 10.0. The number of hydrogen-bond donors (Lipinski definition) is 1. The van der Waals surface area contributed by atoms with Crippen LogP contribution in [0.25, 0.3) is 22.5 Å². The topological polar surface area (TPSA) is 72.7 Å². The van der Waals surface area contributed by atoms with Crippen molar-refractivity contribution < 1.29 is 0 Å². The van der Waals surface area contributed by atoms with Gasteiger partial charge in [-0.15, -0.1) is 0 Å². The van der Waals surface area contributed by atoms with E-state index in [4.69, 9.17) is 4.98 Å². The Morgan fingerprint density at radius 2 is 1.80 bits per heavy atom. The quantitative estimate of drug-likeness (QED) is 0.516. The predicted molar refractivity (Wildman–Crippen MR) is 119 cm³/mol. The molecule has 0 saturated heterocycles. The van der Waals surface area contributed by atoms with Gasteiger partial charge >= 0.3 is 0 Å². The second kappa shape index (κ2) is 8.69. The van der Waals surface area contributed by atoms with Gasteiger partial charge < -0.3 is 5.32 Å². The summed E-state index contributed by atoms with van der Waals surface area (Å²) >= 11 is 0. The minimum Gasteiger partial charge on any atom is -0.366 e. The van der Waals surface area contributed by atoms with Gasteiger partial charge in [0.2, 0.25) is 0 Å². The van der Waals surface area contributed by atoms with Crippen LogP contribution in [-0.4, -0.2) is 19.7 Å². The van der Waals surface area contributed by atoms with Crippen LogP contribution in [0, 0.1) is 0 Å². The van der Waals surface area contributed by atoms with Crippen LogP contribution in [0.1, 0.15) is 25.5 Å². The average molecular weight is 397 g/mol. The summed E-state index contributed by atoms with van der Waals surface area (Å²) in [4.78, 5) is 21.2. The highest BCUT2D eigenvalue weighted by atomic mass is 16.1. The van der Waals surface area contributed by atoms with E-state index in [0.29, 0.717) is 12.2 Å². The summed E-state index contributed by atoms with van der Waals surface area (Å²) in [6.45, 7) is 4.52. The Labute approximate surface area is 175 Å². The number of anilines is 1. The lowest BCUT2D eigenvalue weighted by Gasteiger charge is -2.14. The highest BCUT2D eigenvalue weighted by Gasteiger charge is 2.14. The van der Waals surface area contributed by atoms with E-state index in [-0.39, 0.29) is 11.6 Å². The number of hydrogen-bond acceptors (Lipinski definition) is 5. The molecule has 0 aliphatic heterocycles. The monoisotopic (exact) mass is 397 g/mol. The number of nitrogens with one attached hydrogen (secondary N) is 1. The van der Waals surface area contributed by atoms with Gasteiger partial charge in [0.25, 0.3) is 5.56 Å². The fourth-order valence-corrected chi connectivity index (χ4v) is 3.21. The minimum absolute atomic E-state index is 0.0222. The summed E-state index contributed by atoms with van der Waals surface area (Å²) in [7, 11) is 0. The molecule has 3 heterocycles. The Kier molecular flexibility index (Phi) is 5.66. The second-order valence-corrected chi connectivity index (χ2v) is 7.27. The van der Waals surface area contributed by atoms with E-state index in [1.54, 1.807) is 18.3 Å². The van der Waals surface area contributed by atoms with Gasteiger partial charge in [0.15, 0.2) is 0 Å². The molecule has 6 nitrogen and oxygen atoms in total. The van der Waals surface area contributed by atoms with Crippen LogP contribution >= 0.6 is 0 Å². The van der Waals surface area contributed by atoms with Gasteiger partial charge in [-0.05, 0) is 43.7 Å². The van der Waals surface area contributed by atoms with Crippen LogP contribution in [-0.2, 0) is 6.54 Å². The molecule has 1 aromatic carbocycles. The van der Waals surface area contributed by atoms with Crippen LogP contribution in [0.3, 0.4) is 0 Å². The molecule has 0 unspecified atom stereocenters. The van der Waals surface area contributed by atoms with Gasteiger partial charge in [-0.25, -0.2) is 9.67 Å². The van der Waals surface area contributed by atoms with E-state index >= 15 is 0 Å². The van der Waals surface area contributed by atoms with Crippen LogP contribution in [0.4, 0.5) is 5.82 Å². The smallest absolute Gasteiger partial charge is 0.267 e. The van der Waals surface area contributed by atoms with Crippen LogP contribution in [0.5, 0.6) is 0 Å². The molecule has 0 aliphatic rings. The van der Waals surface area contributed by atoms with Crippen molar-refractivity contribution in [2.24, 2.45) is 0 Å². The Hall–Kier alpha value is -3.80. The molecule has 3 aromatic heterocycles. The van der Waals surface area contributed by atoms with E-state index in [9.17, 15) is 4.79 Å². The van der Waals surface area contributed by atoms with Gasteiger partial charge in [0.1, 0.15) is 5.82 Å². The Morgan fingerprint density at radius 1 is 0.967 bits per heavy atom. The van der Waals surface area contributed by atoms with Crippen molar-refractivity contribution in [2.45, 2.75) is 26.4 Å². The summed E-state index contributed by atoms with van der Waals surface area (Å²) in [6.07, 6.45) is 3.59. The predicted octanol–water partition coefficient (Wildman–Crippen LogP) is 4.56. The SMILES string of the molecule is CC(C)n1nc(-c2ccc(NCc3cccnc3)nc2-c2ccccc2)ccc1=O. The molecule has 6 heteroatoms. The molecule has 4 aromatic rings. The van der Waals surface area contributed by atoms with Gasteiger partial charge in [-0.1, -0.05) is 36.4 Å². The molecule has 0 bridgehead atoms. The van der Waals surface area contributed by atoms with Crippen molar-refractivity contribution in [1.29, 1.82) is 0 Å². The lowest BCUT2D eigenvalue weighted by Crippen LogP contribution is -2.24. The third-order valence-corrected chi connectivity index (χ3v) is 4.73. The highest BCUT2D eigenvalue weighted by molar-refractivity contribution is 5.80. The fourth-order valence-electron chi connectivity index (χ4n) is 3.21. The second-order valence-electron chi connectivity index (χ2n) is 7.27. The molecular weight excluding hydrogens is 374 g/mol. The maximum atomic E-state index is 12.1. The standard InChI is InChI=1S/C24H23N5O/c1-17(2)29-23(30)13-11-21(28-29)20-10-12-22(26-16-18-7-6-14-25-15-18)27-24(20)19-8-4-3-5-9-19/h3-15,17H,16H2,1-2H3,(H,26,27). The summed E-state index contributed by atoms with van der Waals surface area (Å²) in [5, 5.41) is 7.95. The number of aromatic nitrogens is 4. The third-order valence-electron chi connectivity index (χ3n) is 4.73. The summed E-state index contributed by atoms with van der Waals surface area (Å²) in [6, 6.07) is 21.2. The van der Waals surface area contributed by atoms with Crippen molar-refractivity contribution in [3.63, 3.8) is 0 Å². The Morgan fingerprint density at radius 3 is 2.53 bits per heavy atom. The first-order valence-corrected chi connectivity index (χ1v) is 9.91. The van der Waals surface area contributed by atoms with E-state index < -0.39 is 0 Å². The van der Waals surface area contributed by atoms with Gasteiger partial charge in [0, 0.05) is 36.1 Å². The maximum absolute atomic E-state index is 12.1. The third kappa shape index (κ3) is 4.27. The van der Waals surface area contributed by atoms with Gasteiger partial charge in [-0.2, -0.15) is 5.10 Å². The molecule has 150 valence electrons. The van der Waals surface area contributed by atoms with E-state index in [1.165, 1.54) is 4.68 Å². The molecule has 0 saturated carbocycles.